The van der Waals surface area contributed by atoms with E-state index in [1.54, 1.807) is 7.11 Å². The zero-order valence-corrected chi connectivity index (χ0v) is 21.1. The molecule has 0 aromatic heterocycles. The van der Waals surface area contributed by atoms with E-state index in [0.29, 0.717) is 18.0 Å². The number of likely N-dealkylation sites (N-methyl/N-ethyl adjacent to an activating group) is 1. The molecule has 3 aliphatic rings. The van der Waals surface area contributed by atoms with E-state index < -0.39 is 11.0 Å². The third-order valence-electron chi connectivity index (χ3n) is 8.15. The summed E-state index contributed by atoms with van der Waals surface area (Å²) < 4.78 is 18.8. The number of methoxy groups -OCH3 is 2. The number of benzene rings is 2. The van der Waals surface area contributed by atoms with Gasteiger partial charge < -0.3 is 29.3 Å². The molecule has 1 saturated heterocycles. The summed E-state index contributed by atoms with van der Waals surface area (Å²) in [6.45, 7) is 2.73. The van der Waals surface area contributed by atoms with E-state index in [2.05, 4.69) is 18.0 Å². The predicted molar refractivity (Wildman–Crippen MR) is 133 cm³/mol. The Labute approximate surface area is 207 Å². The van der Waals surface area contributed by atoms with Crippen molar-refractivity contribution >= 4 is 5.78 Å². The summed E-state index contributed by atoms with van der Waals surface area (Å²) in [5.74, 6) is 2.51. The van der Waals surface area contributed by atoms with E-state index in [4.69, 9.17) is 24.4 Å². The number of para-hydroxylation sites is 1. The van der Waals surface area contributed by atoms with E-state index in [1.165, 1.54) is 5.56 Å². The first-order chi connectivity index (χ1) is 16.9. The van der Waals surface area contributed by atoms with Gasteiger partial charge in [-0.05, 0) is 56.6 Å². The molecule has 7 nitrogen and oxygen atoms in total. The summed E-state index contributed by atoms with van der Waals surface area (Å²) in [5, 5.41) is 15.2. The Balaban J connectivity index is 0.000000672. The van der Waals surface area contributed by atoms with Gasteiger partial charge in [0, 0.05) is 36.5 Å². The second kappa shape index (κ2) is 10.3. The van der Waals surface area contributed by atoms with Gasteiger partial charge in [-0.1, -0.05) is 31.2 Å². The van der Waals surface area contributed by atoms with Gasteiger partial charge >= 0.3 is 0 Å². The number of nitrogens with zero attached hydrogens (tertiary/aromatic N) is 1. The summed E-state index contributed by atoms with van der Waals surface area (Å²) in [7, 11) is 5.69. The van der Waals surface area contributed by atoms with Crippen LogP contribution in [0.1, 0.15) is 37.3 Å². The molecule has 5 rings (SSSR count). The third-order valence-corrected chi connectivity index (χ3v) is 8.15. The summed E-state index contributed by atoms with van der Waals surface area (Å²) in [6.07, 6.45) is 2.95. The van der Waals surface area contributed by atoms with Crippen molar-refractivity contribution < 1.29 is 29.2 Å². The normalized spacial score (nSPS) is 29.4. The van der Waals surface area contributed by atoms with Crippen molar-refractivity contribution in [2.75, 3.05) is 41.0 Å². The molecule has 2 bridgehead atoms. The number of ether oxygens (including phenoxy) is 3. The molecule has 0 unspecified atom stereocenters. The monoisotopic (exact) mass is 483 g/mol. The molecule has 2 fully saturated rings. The summed E-state index contributed by atoms with van der Waals surface area (Å²) in [5.41, 5.74) is 1.50. The lowest BCUT2D eigenvalue weighted by atomic mass is 9.47. The van der Waals surface area contributed by atoms with Gasteiger partial charge in [-0.2, -0.15) is 0 Å². The number of rotatable bonds is 5. The summed E-state index contributed by atoms with van der Waals surface area (Å²) >= 11 is 0. The fourth-order valence-electron chi connectivity index (χ4n) is 6.56. The lowest BCUT2D eigenvalue weighted by Crippen LogP contribution is -2.74. The molecule has 0 radical (unpaired) electrons. The van der Waals surface area contributed by atoms with Gasteiger partial charge in [0.25, 0.3) is 0 Å². The number of hydrogen-bond acceptors (Lipinski definition) is 7. The maximum Gasteiger partial charge on any atom is 0.173 e. The number of aliphatic hydroxyl groups is 2. The van der Waals surface area contributed by atoms with Crippen molar-refractivity contribution in [2.45, 2.75) is 49.7 Å². The predicted octanol–water partition coefficient (Wildman–Crippen LogP) is 3.34. The fourth-order valence-corrected chi connectivity index (χ4v) is 6.56. The zero-order valence-electron chi connectivity index (χ0n) is 21.1. The highest BCUT2D eigenvalue weighted by atomic mass is 16.5. The van der Waals surface area contributed by atoms with Gasteiger partial charge in [-0.3, -0.25) is 4.79 Å². The highest BCUT2D eigenvalue weighted by molar-refractivity contribution is 5.85. The molecule has 4 atom stereocenters. The molecule has 2 N–H and O–H groups in total. The van der Waals surface area contributed by atoms with Crippen LogP contribution in [0, 0.1) is 5.92 Å². The highest BCUT2D eigenvalue weighted by Gasteiger charge is 2.67. The topological polar surface area (TPSA) is 88.5 Å². The molecule has 7 heteroatoms. The number of piperidine rings is 1. The number of carbonyl (C=O) groups excluding carboxylic acids is 1. The van der Waals surface area contributed by atoms with E-state index in [1.807, 2.05) is 50.4 Å². The first-order valence-electron chi connectivity index (χ1n) is 12.3. The van der Waals surface area contributed by atoms with Crippen LogP contribution in [-0.4, -0.2) is 73.6 Å². The van der Waals surface area contributed by atoms with Crippen molar-refractivity contribution in [3.05, 3.63) is 53.6 Å². The Morgan fingerprint density at radius 1 is 1.09 bits per heavy atom. The number of Topliss-reactive ketones (excluding diaryl/α,β-unsaturated/α-hetero) is 1. The highest BCUT2D eigenvalue weighted by Crippen LogP contribution is 2.62. The first kappa shape index (κ1) is 25.6. The second-order valence-electron chi connectivity index (χ2n) is 9.87. The van der Waals surface area contributed by atoms with Gasteiger partial charge in [-0.25, -0.2) is 0 Å². The minimum Gasteiger partial charge on any atom is -0.493 e. The molecule has 35 heavy (non-hydrogen) atoms. The van der Waals surface area contributed by atoms with Gasteiger partial charge in [0.2, 0.25) is 0 Å². The summed E-state index contributed by atoms with van der Waals surface area (Å²) in [6, 6.07) is 14.2. The molecule has 1 saturated carbocycles. The van der Waals surface area contributed by atoms with Crippen LogP contribution in [-0.2, 0) is 21.4 Å². The van der Waals surface area contributed by atoms with Crippen LogP contribution in [0.4, 0.5) is 0 Å². The molecule has 2 aromatic rings. The van der Waals surface area contributed by atoms with Gasteiger partial charge in [-0.15, -0.1) is 0 Å². The van der Waals surface area contributed by atoms with Crippen molar-refractivity contribution in [2.24, 2.45) is 5.92 Å². The molecular weight excluding hydrogens is 446 g/mol. The Kier molecular flexibility index (Phi) is 7.52. The number of ketones is 1. The first-order valence-corrected chi connectivity index (χ1v) is 12.3. The van der Waals surface area contributed by atoms with Crippen LogP contribution < -0.4 is 9.47 Å². The van der Waals surface area contributed by atoms with E-state index in [9.17, 15) is 4.79 Å². The standard InChI is InChI=1S/C26H31NO4.C2H6O2/c1-17-15-26(30-4)22-14-18-10-11-21(29-3)24(31-19-8-6-5-7-9-19)23(18)25(26,16-20(17)28)12-13-27(22)2;3-1-2-4/h5-11,17,22H,12-16H2,1-4H3;3-4H,1-2H2/t17-,22+,25+,26+;/m0./s1. The molecule has 0 amide bonds. The second-order valence-corrected chi connectivity index (χ2v) is 9.87. The van der Waals surface area contributed by atoms with Gasteiger partial charge in [0.1, 0.15) is 11.5 Å². The maximum atomic E-state index is 13.2. The average Bonchev–Trinajstić information content (AvgIpc) is 2.87. The number of likely N-dealkylation sites (tertiary alicyclic amines) is 1. The van der Waals surface area contributed by atoms with Crippen LogP contribution in [0.2, 0.25) is 0 Å². The fraction of sp³-hybridized carbons (Fsp3) is 0.536. The Morgan fingerprint density at radius 2 is 1.80 bits per heavy atom. The van der Waals surface area contributed by atoms with Gasteiger partial charge in [0.05, 0.1) is 25.9 Å². The molecule has 190 valence electrons. The van der Waals surface area contributed by atoms with Gasteiger partial charge in [0.15, 0.2) is 11.5 Å². The van der Waals surface area contributed by atoms with Crippen LogP contribution >= 0.6 is 0 Å². The van der Waals surface area contributed by atoms with Crippen LogP contribution in [0.15, 0.2) is 42.5 Å². The zero-order chi connectivity index (χ0) is 25.2. The van der Waals surface area contributed by atoms with Crippen LogP contribution in [0.5, 0.6) is 17.2 Å². The third kappa shape index (κ3) is 4.14. The quantitative estimate of drug-likeness (QED) is 0.674. The molecule has 2 aromatic carbocycles. The minimum atomic E-state index is -0.429. The lowest BCUT2D eigenvalue weighted by molar-refractivity contribution is -0.191. The molecule has 1 aliphatic heterocycles. The largest absolute Gasteiger partial charge is 0.493 e. The van der Waals surface area contributed by atoms with Crippen LogP contribution in [0.25, 0.3) is 0 Å². The van der Waals surface area contributed by atoms with Crippen LogP contribution in [0.3, 0.4) is 0 Å². The SMILES string of the molecule is COc1ccc2c(c1Oc1ccccc1)[C@]13CCN(C)[C@H](C2)[C@]1(OC)C[C@H](C)C(=O)C3.OCCO. The maximum absolute atomic E-state index is 13.2. The Hall–Kier alpha value is -2.45. The molecule has 0 spiro atoms. The smallest absolute Gasteiger partial charge is 0.173 e. The number of carbonyl (C=O) groups is 1. The number of hydrogen-bond donors (Lipinski definition) is 2. The van der Waals surface area contributed by atoms with E-state index in [-0.39, 0.29) is 25.2 Å². The number of aliphatic hydroxyl groups excluding tert-OH is 2. The van der Waals surface area contributed by atoms with E-state index in [0.717, 1.165) is 42.9 Å². The summed E-state index contributed by atoms with van der Waals surface area (Å²) in [4.78, 5) is 15.6. The van der Waals surface area contributed by atoms with Crippen molar-refractivity contribution in [1.29, 1.82) is 0 Å². The minimum absolute atomic E-state index is 0.00674. The Morgan fingerprint density at radius 3 is 2.43 bits per heavy atom. The van der Waals surface area contributed by atoms with Crippen molar-refractivity contribution in [1.82, 2.24) is 4.90 Å². The number of fused-ring (bicyclic) bond motifs is 1. The van der Waals surface area contributed by atoms with E-state index >= 15 is 0 Å². The lowest BCUT2D eigenvalue weighted by Gasteiger charge is -2.65. The molecular formula is C28H37NO6. The average molecular weight is 484 g/mol. The van der Waals surface area contributed by atoms with Crippen molar-refractivity contribution in [3.63, 3.8) is 0 Å². The Bertz CT molecular complexity index is 1040. The molecule has 2 aliphatic carbocycles. The molecule has 1 heterocycles. The van der Waals surface area contributed by atoms with Crippen molar-refractivity contribution in [3.8, 4) is 17.2 Å².